The van der Waals surface area contributed by atoms with Gasteiger partial charge in [0.2, 0.25) is 11.3 Å². The normalized spacial score (nSPS) is 16.2. The molecule has 5 heteroatoms. The first-order chi connectivity index (χ1) is 5.97. The van der Waals surface area contributed by atoms with Gasteiger partial charge in [0.05, 0.1) is 6.04 Å². The van der Waals surface area contributed by atoms with E-state index in [9.17, 15) is 4.21 Å². The number of hydrogen-bond acceptors (Lipinski definition) is 2. The van der Waals surface area contributed by atoms with Crippen molar-refractivity contribution in [2.45, 2.75) is 26.8 Å². The minimum atomic E-state index is -1.90. The Bertz CT molecular complexity index is 185. The lowest BCUT2D eigenvalue weighted by Gasteiger charge is -2.21. The Hall–Kier alpha value is -0.260. The van der Waals surface area contributed by atoms with Crippen LogP contribution in [0.2, 0.25) is 0 Å². The Morgan fingerprint density at radius 3 is 2.31 bits per heavy atom. The first kappa shape index (κ1) is 12.7. The van der Waals surface area contributed by atoms with Crippen LogP contribution in [0.5, 0.6) is 0 Å². The van der Waals surface area contributed by atoms with Crippen LogP contribution >= 0.6 is 0 Å². The summed E-state index contributed by atoms with van der Waals surface area (Å²) in [5.41, 5.74) is 0. The van der Waals surface area contributed by atoms with Crippen LogP contribution in [0.15, 0.2) is 4.99 Å². The van der Waals surface area contributed by atoms with E-state index in [0.717, 1.165) is 0 Å². The summed E-state index contributed by atoms with van der Waals surface area (Å²) in [5, 5.41) is 0. The molecule has 0 aromatic rings. The highest BCUT2D eigenvalue weighted by Gasteiger charge is 2.14. The topological polar surface area (TPSA) is 52.9 Å². The average molecular weight is 206 g/mol. The van der Waals surface area contributed by atoms with E-state index < -0.39 is 11.3 Å². The number of hydrogen-bond donors (Lipinski definition) is 1. The van der Waals surface area contributed by atoms with Crippen LogP contribution in [0.3, 0.4) is 0 Å². The monoisotopic (exact) mass is 206 g/mol. The Morgan fingerprint density at radius 2 is 2.00 bits per heavy atom. The third kappa shape index (κ3) is 5.90. The Kier molecular flexibility index (Phi) is 6.11. The number of aliphatic imine (C=N–C) groups is 1. The molecule has 0 aliphatic carbocycles. The lowest BCUT2D eigenvalue weighted by atomic mass is 10.2. The van der Waals surface area contributed by atoms with Crippen molar-refractivity contribution >= 4 is 18.0 Å². The largest absolute Gasteiger partial charge is 0.297 e. The standard InChI is InChI=1S/C8H18N2O2S/c1-7(2)5-10(13(11)12)6-8(3)9-4/h7-8H,4-6H2,1-3H3,(H,11,12). The number of rotatable bonds is 6. The van der Waals surface area contributed by atoms with Gasteiger partial charge in [-0.25, -0.2) is 4.21 Å². The molecular formula is C8H18N2O2S. The summed E-state index contributed by atoms with van der Waals surface area (Å²) in [7, 11) is 0. The van der Waals surface area contributed by atoms with Crippen molar-refractivity contribution in [3.05, 3.63) is 0 Å². The lowest BCUT2D eigenvalue weighted by Crippen LogP contribution is -2.34. The molecule has 13 heavy (non-hydrogen) atoms. The van der Waals surface area contributed by atoms with Crippen molar-refractivity contribution in [2.75, 3.05) is 13.1 Å². The van der Waals surface area contributed by atoms with E-state index >= 15 is 0 Å². The fourth-order valence-corrected chi connectivity index (χ4v) is 1.73. The minimum Gasteiger partial charge on any atom is -0.297 e. The molecule has 2 atom stereocenters. The van der Waals surface area contributed by atoms with Crippen molar-refractivity contribution in [3.63, 3.8) is 0 Å². The van der Waals surface area contributed by atoms with Gasteiger partial charge in [0, 0.05) is 13.1 Å². The van der Waals surface area contributed by atoms with Gasteiger partial charge in [-0.15, -0.1) is 0 Å². The zero-order valence-electron chi connectivity index (χ0n) is 8.43. The van der Waals surface area contributed by atoms with Crippen molar-refractivity contribution < 1.29 is 8.76 Å². The molecule has 0 aromatic heterocycles. The zero-order chi connectivity index (χ0) is 10.4. The van der Waals surface area contributed by atoms with Gasteiger partial charge < -0.3 is 0 Å². The molecule has 78 valence electrons. The molecule has 0 fully saturated rings. The van der Waals surface area contributed by atoms with Crippen LogP contribution in [0.4, 0.5) is 0 Å². The van der Waals surface area contributed by atoms with Gasteiger partial charge in [0.25, 0.3) is 0 Å². The van der Waals surface area contributed by atoms with Gasteiger partial charge in [0.15, 0.2) is 0 Å². The summed E-state index contributed by atoms with van der Waals surface area (Å²) in [5.74, 6) is 0.369. The lowest BCUT2D eigenvalue weighted by molar-refractivity contribution is 0.344. The van der Waals surface area contributed by atoms with E-state index in [-0.39, 0.29) is 6.04 Å². The predicted molar refractivity (Wildman–Crippen MR) is 56.2 cm³/mol. The third-order valence-electron chi connectivity index (χ3n) is 1.57. The van der Waals surface area contributed by atoms with Crippen molar-refractivity contribution in [2.24, 2.45) is 10.9 Å². The molecule has 0 heterocycles. The molecule has 0 aromatic carbocycles. The third-order valence-corrected chi connectivity index (χ3v) is 2.31. The maximum atomic E-state index is 10.9. The average Bonchev–Trinajstić information content (AvgIpc) is 2.02. The maximum Gasteiger partial charge on any atom is 0.234 e. The van der Waals surface area contributed by atoms with Crippen LogP contribution in [-0.4, -0.2) is 38.9 Å². The molecule has 0 aliphatic rings. The van der Waals surface area contributed by atoms with Crippen molar-refractivity contribution in [3.8, 4) is 0 Å². The maximum absolute atomic E-state index is 10.9. The molecule has 2 unspecified atom stereocenters. The predicted octanol–water partition coefficient (Wildman–Crippen LogP) is 1.17. The second-order valence-electron chi connectivity index (χ2n) is 3.50. The Morgan fingerprint density at radius 1 is 1.46 bits per heavy atom. The first-order valence-corrected chi connectivity index (χ1v) is 5.35. The van der Waals surface area contributed by atoms with Gasteiger partial charge in [-0.05, 0) is 19.6 Å². The molecule has 0 rings (SSSR count). The Labute approximate surface area is 82.5 Å². The highest BCUT2D eigenvalue weighted by atomic mass is 32.2. The summed E-state index contributed by atoms with van der Waals surface area (Å²) in [6, 6.07) is -0.00477. The smallest absolute Gasteiger partial charge is 0.234 e. The quantitative estimate of drug-likeness (QED) is 0.524. The summed E-state index contributed by atoms with van der Waals surface area (Å²) >= 11 is -1.90. The summed E-state index contributed by atoms with van der Waals surface area (Å²) < 4.78 is 21.3. The first-order valence-electron chi connectivity index (χ1n) is 4.29. The van der Waals surface area contributed by atoms with Gasteiger partial charge in [0.1, 0.15) is 0 Å². The van der Waals surface area contributed by atoms with Crippen LogP contribution in [0, 0.1) is 5.92 Å². The molecular weight excluding hydrogens is 188 g/mol. The van der Waals surface area contributed by atoms with Crippen molar-refractivity contribution in [1.82, 2.24) is 4.31 Å². The van der Waals surface area contributed by atoms with E-state index in [1.54, 1.807) is 0 Å². The van der Waals surface area contributed by atoms with Crippen LogP contribution < -0.4 is 0 Å². The van der Waals surface area contributed by atoms with E-state index in [1.165, 1.54) is 4.31 Å². The fourth-order valence-electron chi connectivity index (χ4n) is 0.962. The van der Waals surface area contributed by atoms with E-state index in [0.29, 0.717) is 19.0 Å². The van der Waals surface area contributed by atoms with Crippen LogP contribution in [0.1, 0.15) is 20.8 Å². The molecule has 0 aliphatic heterocycles. The molecule has 1 N–H and O–H groups in total. The SMILES string of the molecule is C=NC(C)CN(CC(C)C)S(=O)O. The molecule has 0 spiro atoms. The van der Waals surface area contributed by atoms with Gasteiger partial charge in [-0.1, -0.05) is 13.8 Å². The summed E-state index contributed by atoms with van der Waals surface area (Å²) in [6.07, 6.45) is 0. The molecule has 0 bridgehead atoms. The number of nitrogens with zero attached hydrogens (tertiary/aromatic N) is 2. The molecule has 4 nitrogen and oxygen atoms in total. The molecule has 0 amide bonds. The fraction of sp³-hybridized carbons (Fsp3) is 0.875. The van der Waals surface area contributed by atoms with E-state index in [2.05, 4.69) is 11.7 Å². The summed E-state index contributed by atoms with van der Waals surface area (Å²) in [6.45, 7) is 10.4. The second-order valence-corrected chi connectivity index (χ2v) is 4.48. The van der Waals surface area contributed by atoms with Gasteiger partial charge in [-0.2, -0.15) is 4.31 Å². The minimum absolute atomic E-state index is 0.00477. The molecule has 0 saturated carbocycles. The van der Waals surface area contributed by atoms with Gasteiger partial charge >= 0.3 is 0 Å². The van der Waals surface area contributed by atoms with E-state index in [4.69, 9.17) is 4.55 Å². The van der Waals surface area contributed by atoms with Gasteiger partial charge in [-0.3, -0.25) is 9.55 Å². The van der Waals surface area contributed by atoms with Crippen LogP contribution in [-0.2, 0) is 11.3 Å². The molecule has 0 saturated heterocycles. The second kappa shape index (κ2) is 6.23. The summed E-state index contributed by atoms with van der Waals surface area (Å²) in [4.78, 5) is 3.78. The van der Waals surface area contributed by atoms with Crippen molar-refractivity contribution in [1.29, 1.82) is 0 Å². The zero-order valence-corrected chi connectivity index (χ0v) is 9.25. The highest BCUT2D eigenvalue weighted by molar-refractivity contribution is 7.76. The van der Waals surface area contributed by atoms with Crippen LogP contribution in [0.25, 0.3) is 0 Å². The highest BCUT2D eigenvalue weighted by Crippen LogP contribution is 2.03. The Balaban J connectivity index is 4.09. The van der Waals surface area contributed by atoms with E-state index in [1.807, 2.05) is 20.8 Å². The molecule has 0 radical (unpaired) electrons.